The van der Waals surface area contributed by atoms with Crippen LogP contribution in [0.4, 0.5) is 0 Å². The minimum Gasteiger partial charge on any atom is -0.463 e. The molecule has 0 bridgehead atoms. The zero-order valence-corrected chi connectivity index (χ0v) is 16.0. The number of rotatable bonds is 9. The predicted molar refractivity (Wildman–Crippen MR) is 106 cm³/mol. The molecule has 0 saturated heterocycles. The fourth-order valence-electron chi connectivity index (χ4n) is 3.37. The fourth-order valence-corrected chi connectivity index (χ4v) is 3.37. The molecule has 3 nitrogen and oxygen atoms in total. The highest BCUT2D eigenvalue weighted by Crippen LogP contribution is 2.29. The lowest BCUT2D eigenvalue weighted by molar-refractivity contribution is -0.137. The van der Waals surface area contributed by atoms with Crippen molar-refractivity contribution in [1.82, 2.24) is 4.57 Å². The zero-order chi connectivity index (χ0) is 18.2. The second-order valence-electron chi connectivity index (χ2n) is 6.66. The minimum atomic E-state index is -0.278. The van der Waals surface area contributed by atoms with Crippen molar-refractivity contribution in [1.29, 1.82) is 0 Å². The van der Waals surface area contributed by atoms with Gasteiger partial charge in [0.15, 0.2) is 0 Å². The van der Waals surface area contributed by atoms with Gasteiger partial charge in [-0.15, -0.1) is 0 Å². The second-order valence-corrected chi connectivity index (χ2v) is 6.66. The molecule has 0 aliphatic carbocycles. The summed E-state index contributed by atoms with van der Waals surface area (Å²) in [6.45, 7) is 8.69. The average molecular weight is 341 g/mol. The van der Waals surface area contributed by atoms with E-state index in [4.69, 9.17) is 4.74 Å². The van der Waals surface area contributed by atoms with Gasteiger partial charge >= 0.3 is 5.97 Å². The molecule has 0 radical (unpaired) electrons. The SMILES string of the molecule is CCCCC(CCC)n1ccc2cc(/C(C)=C/C(=O)OCC)ccc21. The molecule has 1 atom stereocenters. The van der Waals surface area contributed by atoms with Crippen molar-refractivity contribution in [3.8, 4) is 0 Å². The monoisotopic (exact) mass is 341 g/mol. The number of nitrogens with zero attached hydrogens (tertiary/aromatic N) is 1. The summed E-state index contributed by atoms with van der Waals surface area (Å²) < 4.78 is 7.44. The van der Waals surface area contributed by atoms with Crippen LogP contribution in [-0.2, 0) is 9.53 Å². The van der Waals surface area contributed by atoms with Crippen LogP contribution in [0.1, 0.15) is 71.4 Å². The molecule has 2 aromatic rings. The molecule has 3 heteroatoms. The molecular formula is C22H31NO2. The maximum atomic E-state index is 11.7. The first-order chi connectivity index (χ1) is 12.1. The molecule has 1 unspecified atom stereocenters. The van der Waals surface area contributed by atoms with Crippen LogP contribution in [-0.4, -0.2) is 17.1 Å². The summed E-state index contributed by atoms with van der Waals surface area (Å²) in [5, 5.41) is 1.23. The highest BCUT2D eigenvalue weighted by atomic mass is 16.5. The Morgan fingerprint density at radius 2 is 1.96 bits per heavy atom. The number of ether oxygens (including phenoxy) is 1. The maximum Gasteiger partial charge on any atom is 0.331 e. The van der Waals surface area contributed by atoms with Gasteiger partial charge in [-0.3, -0.25) is 0 Å². The number of benzene rings is 1. The molecule has 0 amide bonds. The molecule has 136 valence electrons. The van der Waals surface area contributed by atoms with E-state index >= 15 is 0 Å². The molecule has 0 aliphatic rings. The average Bonchev–Trinajstić information content (AvgIpc) is 3.01. The number of hydrogen-bond donors (Lipinski definition) is 0. The number of fused-ring (bicyclic) bond motifs is 1. The van der Waals surface area contributed by atoms with Crippen LogP contribution in [0.25, 0.3) is 16.5 Å². The first-order valence-electron chi connectivity index (χ1n) is 9.56. The summed E-state index contributed by atoms with van der Waals surface area (Å²) >= 11 is 0. The topological polar surface area (TPSA) is 31.2 Å². The highest BCUT2D eigenvalue weighted by Gasteiger charge is 2.13. The smallest absolute Gasteiger partial charge is 0.331 e. The molecule has 0 aliphatic heterocycles. The van der Waals surface area contributed by atoms with Crippen molar-refractivity contribution in [2.75, 3.05) is 6.61 Å². The van der Waals surface area contributed by atoms with E-state index in [0.29, 0.717) is 12.6 Å². The van der Waals surface area contributed by atoms with E-state index in [1.54, 1.807) is 6.08 Å². The number of hydrogen-bond acceptors (Lipinski definition) is 2. The lowest BCUT2D eigenvalue weighted by Crippen LogP contribution is -2.07. The molecule has 0 spiro atoms. The third-order valence-electron chi connectivity index (χ3n) is 4.70. The molecule has 1 aromatic heterocycles. The van der Waals surface area contributed by atoms with Crippen LogP contribution in [0.2, 0.25) is 0 Å². The Morgan fingerprint density at radius 3 is 2.64 bits per heavy atom. The normalized spacial score (nSPS) is 13.2. The molecule has 0 saturated carbocycles. The molecule has 2 rings (SSSR count). The van der Waals surface area contributed by atoms with Gasteiger partial charge in [0, 0.05) is 29.2 Å². The number of carbonyl (C=O) groups excluding carboxylic acids is 1. The Kier molecular flexibility index (Phi) is 7.30. The van der Waals surface area contributed by atoms with Crippen LogP contribution in [0.5, 0.6) is 0 Å². The van der Waals surface area contributed by atoms with Crippen LogP contribution in [0.15, 0.2) is 36.5 Å². The zero-order valence-electron chi connectivity index (χ0n) is 16.0. The van der Waals surface area contributed by atoms with Gasteiger partial charge < -0.3 is 9.30 Å². The number of carbonyl (C=O) groups is 1. The van der Waals surface area contributed by atoms with Gasteiger partial charge in [0.05, 0.1) is 6.61 Å². The van der Waals surface area contributed by atoms with Crippen molar-refractivity contribution in [2.45, 2.75) is 65.8 Å². The van der Waals surface area contributed by atoms with Gasteiger partial charge in [-0.05, 0) is 56.0 Å². The van der Waals surface area contributed by atoms with Crippen molar-refractivity contribution >= 4 is 22.4 Å². The van der Waals surface area contributed by atoms with Crippen LogP contribution in [0.3, 0.4) is 0 Å². The summed E-state index contributed by atoms with van der Waals surface area (Å²) in [4.78, 5) is 11.7. The summed E-state index contributed by atoms with van der Waals surface area (Å²) in [6, 6.07) is 9.21. The highest BCUT2D eigenvalue weighted by molar-refractivity contribution is 5.92. The Balaban J connectivity index is 2.29. The van der Waals surface area contributed by atoms with Gasteiger partial charge in [0.25, 0.3) is 0 Å². The van der Waals surface area contributed by atoms with Gasteiger partial charge in [-0.1, -0.05) is 39.2 Å². The summed E-state index contributed by atoms with van der Waals surface area (Å²) in [7, 11) is 0. The van der Waals surface area contributed by atoms with Gasteiger partial charge in [-0.2, -0.15) is 0 Å². The first kappa shape index (κ1) is 19.3. The van der Waals surface area contributed by atoms with Crippen molar-refractivity contribution < 1.29 is 9.53 Å². The number of esters is 1. The van der Waals surface area contributed by atoms with E-state index in [1.807, 2.05) is 13.8 Å². The molecular weight excluding hydrogens is 310 g/mol. The van der Waals surface area contributed by atoms with Gasteiger partial charge in [-0.25, -0.2) is 4.79 Å². The number of allylic oxidation sites excluding steroid dienone is 1. The Hall–Kier alpha value is -2.03. The molecule has 1 aromatic carbocycles. The van der Waals surface area contributed by atoms with Crippen molar-refractivity contribution in [3.63, 3.8) is 0 Å². The lowest BCUT2D eigenvalue weighted by Gasteiger charge is -2.19. The van der Waals surface area contributed by atoms with Crippen molar-refractivity contribution in [2.24, 2.45) is 0 Å². The third-order valence-corrected chi connectivity index (χ3v) is 4.70. The van der Waals surface area contributed by atoms with E-state index in [2.05, 4.69) is 48.9 Å². The van der Waals surface area contributed by atoms with E-state index in [0.717, 1.165) is 11.1 Å². The van der Waals surface area contributed by atoms with E-state index in [1.165, 1.54) is 43.0 Å². The van der Waals surface area contributed by atoms with Crippen LogP contribution < -0.4 is 0 Å². The summed E-state index contributed by atoms with van der Waals surface area (Å²) in [5.74, 6) is -0.278. The maximum absolute atomic E-state index is 11.7. The second kappa shape index (κ2) is 9.45. The fraction of sp³-hybridized carbons (Fsp3) is 0.500. The first-order valence-corrected chi connectivity index (χ1v) is 9.56. The van der Waals surface area contributed by atoms with E-state index < -0.39 is 0 Å². The quantitative estimate of drug-likeness (QED) is 0.405. The molecule has 25 heavy (non-hydrogen) atoms. The summed E-state index contributed by atoms with van der Waals surface area (Å²) in [5.41, 5.74) is 3.28. The number of aromatic nitrogens is 1. The van der Waals surface area contributed by atoms with Gasteiger partial charge in [0.1, 0.15) is 0 Å². The van der Waals surface area contributed by atoms with E-state index in [-0.39, 0.29) is 5.97 Å². The Morgan fingerprint density at radius 1 is 1.16 bits per heavy atom. The standard InChI is InChI=1S/C22H31NO2/c1-5-8-10-20(9-6-2)23-14-13-19-16-18(11-12-21(19)23)17(4)15-22(24)25-7-3/h11-16,20H,5-10H2,1-4H3/b17-15+. The van der Waals surface area contributed by atoms with Crippen molar-refractivity contribution in [3.05, 3.63) is 42.1 Å². The predicted octanol–water partition coefficient (Wildman–Crippen LogP) is 6.14. The summed E-state index contributed by atoms with van der Waals surface area (Å²) in [6.07, 6.45) is 9.95. The van der Waals surface area contributed by atoms with E-state index in [9.17, 15) is 4.79 Å². The molecule has 0 fully saturated rings. The molecule has 0 N–H and O–H groups in total. The number of unbranched alkanes of at least 4 members (excludes halogenated alkanes) is 1. The third kappa shape index (κ3) is 4.97. The minimum absolute atomic E-state index is 0.278. The Bertz CT molecular complexity index is 727. The largest absolute Gasteiger partial charge is 0.463 e. The Labute approximate surface area is 151 Å². The lowest BCUT2D eigenvalue weighted by atomic mass is 10.0. The van der Waals surface area contributed by atoms with Crippen LogP contribution in [0, 0.1) is 0 Å². The molecule has 1 heterocycles. The van der Waals surface area contributed by atoms with Gasteiger partial charge in [0.2, 0.25) is 0 Å². The van der Waals surface area contributed by atoms with Crippen LogP contribution >= 0.6 is 0 Å².